The molecule has 0 atom stereocenters. The van der Waals surface area contributed by atoms with Crippen LogP contribution in [-0.2, 0) is 0 Å². The molecule has 220 valence electrons. The highest BCUT2D eigenvalue weighted by Gasteiger charge is 2.16. The highest BCUT2D eigenvalue weighted by atomic mass is 16.3. The number of pyridine rings is 2. The minimum Gasteiger partial charge on any atom is -0.454 e. The highest BCUT2D eigenvalue weighted by Crippen LogP contribution is 2.36. The molecule has 47 heavy (non-hydrogen) atoms. The molecule has 0 aliphatic heterocycles. The molecule has 9 rings (SSSR count). The Morgan fingerprint density at radius 1 is 0.447 bits per heavy atom. The van der Waals surface area contributed by atoms with Crippen LogP contribution < -0.4 is 0 Å². The average Bonchev–Trinajstić information content (AvgIpc) is 3.54. The molecule has 0 amide bonds. The molecule has 6 nitrogen and oxygen atoms in total. The number of benzene rings is 5. The maximum absolute atomic E-state index is 6.25. The lowest BCUT2D eigenvalue weighted by Gasteiger charge is -2.11. The van der Waals surface area contributed by atoms with Gasteiger partial charge in [0.15, 0.2) is 23.1 Å². The van der Waals surface area contributed by atoms with Crippen molar-refractivity contribution in [2.75, 3.05) is 0 Å². The van der Waals surface area contributed by atoms with Crippen LogP contribution in [0.5, 0.6) is 0 Å². The zero-order valence-electron chi connectivity index (χ0n) is 25.1. The number of rotatable bonds is 5. The van der Waals surface area contributed by atoms with Crippen LogP contribution in [0.15, 0.2) is 156 Å². The van der Waals surface area contributed by atoms with E-state index in [0.717, 1.165) is 71.9 Å². The van der Waals surface area contributed by atoms with Crippen molar-refractivity contribution >= 4 is 32.7 Å². The van der Waals surface area contributed by atoms with Gasteiger partial charge in [0.1, 0.15) is 11.3 Å². The van der Waals surface area contributed by atoms with Crippen molar-refractivity contribution in [1.29, 1.82) is 0 Å². The third-order valence-corrected chi connectivity index (χ3v) is 8.43. The molecular formula is C41H25N5O. The summed E-state index contributed by atoms with van der Waals surface area (Å²) in [7, 11) is 0. The van der Waals surface area contributed by atoms with E-state index < -0.39 is 0 Å². The number of hydrogen-bond acceptors (Lipinski definition) is 6. The molecule has 0 saturated heterocycles. The molecule has 0 N–H and O–H groups in total. The number of fused-ring (bicyclic) bond motifs is 4. The monoisotopic (exact) mass is 603 g/mol. The van der Waals surface area contributed by atoms with Crippen molar-refractivity contribution in [2.45, 2.75) is 0 Å². The summed E-state index contributed by atoms with van der Waals surface area (Å²) in [5, 5.41) is 4.20. The molecular weight excluding hydrogens is 578 g/mol. The maximum atomic E-state index is 6.25. The Bertz CT molecular complexity index is 2520. The summed E-state index contributed by atoms with van der Waals surface area (Å²) in [6.45, 7) is 0. The molecule has 0 aliphatic carbocycles. The Balaban J connectivity index is 1.14. The quantitative estimate of drug-likeness (QED) is 0.195. The normalized spacial score (nSPS) is 11.4. The fourth-order valence-corrected chi connectivity index (χ4v) is 6.15. The van der Waals surface area contributed by atoms with Crippen LogP contribution in [0, 0.1) is 0 Å². The molecule has 6 heteroatoms. The largest absolute Gasteiger partial charge is 0.454 e. The molecule has 9 aromatic rings. The van der Waals surface area contributed by atoms with E-state index in [1.807, 2.05) is 109 Å². The summed E-state index contributed by atoms with van der Waals surface area (Å²) in [5.41, 5.74) is 7.97. The number of para-hydroxylation sites is 1. The Morgan fingerprint density at radius 2 is 1.09 bits per heavy atom. The summed E-state index contributed by atoms with van der Waals surface area (Å²) < 4.78 is 6.25. The first-order valence-electron chi connectivity index (χ1n) is 15.4. The van der Waals surface area contributed by atoms with Gasteiger partial charge >= 0.3 is 0 Å². The van der Waals surface area contributed by atoms with Crippen LogP contribution in [0.2, 0.25) is 0 Å². The summed E-state index contributed by atoms with van der Waals surface area (Å²) >= 11 is 0. The highest BCUT2D eigenvalue weighted by molar-refractivity contribution is 6.09. The molecule has 0 aliphatic rings. The first-order valence-corrected chi connectivity index (χ1v) is 15.4. The molecule has 0 radical (unpaired) electrons. The lowest BCUT2D eigenvalue weighted by Crippen LogP contribution is -2.00. The molecule has 0 unspecified atom stereocenters. The fourth-order valence-electron chi connectivity index (χ4n) is 6.15. The van der Waals surface area contributed by atoms with Gasteiger partial charge in [-0.3, -0.25) is 9.97 Å². The third kappa shape index (κ3) is 4.80. The zero-order valence-corrected chi connectivity index (χ0v) is 25.1. The second-order valence-electron chi connectivity index (χ2n) is 11.3. The van der Waals surface area contributed by atoms with Crippen molar-refractivity contribution in [1.82, 2.24) is 24.9 Å². The van der Waals surface area contributed by atoms with Gasteiger partial charge in [-0.1, -0.05) is 115 Å². The van der Waals surface area contributed by atoms with Gasteiger partial charge < -0.3 is 4.42 Å². The van der Waals surface area contributed by atoms with Gasteiger partial charge in [0.25, 0.3) is 0 Å². The predicted molar refractivity (Wildman–Crippen MR) is 187 cm³/mol. The van der Waals surface area contributed by atoms with Crippen LogP contribution in [0.4, 0.5) is 0 Å². The predicted octanol–water partition coefficient (Wildman–Crippen LogP) is 10.0. The van der Waals surface area contributed by atoms with Crippen LogP contribution in [0.3, 0.4) is 0 Å². The van der Waals surface area contributed by atoms with Crippen molar-refractivity contribution in [3.8, 4) is 56.7 Å². The molecule has 0 fully saturated rings. The fraction of sp³-hybridized carbons (Fsp3) is 0. The molecule has 5 aromatic carbocycles. The van der Waals surface area contributed by atoms with Crippen molar-refractivity contribution in [3.63, 3.8) is 0 Å². The smallest absolute Gasteiger partial charge is 0.164 e. The summed E-state index contributed by atoms with van der Waals surface area (Å²) in [4.78, 5) is 24.3. The summed E-state index contributed by atoms with van der Waals surface area (Å²) in [6, 6.07) is 46.8. The number of nitrogens with zero attached hydrogens (tertiary/aromatic N) is 5. The second kappa shape index (κ2) is 11.1. The topological polar surface area (TPSA) is 77.6 Å². The minimum absolute atomic E-state index is 0.616. The van der Waals surface area contributed by atoms with E-state index in [0.29, 0.717) is 17.5 Å². The molecule has 4 heterocycles. The maximum Gasteiger partial charge on any atom is 0.164 e. The molecule has 4 aromatic heterocycles. The Morgan fingerprint density at radius 3 is 1.85 bits per heavy atom. The average molecular weight is 604 g/mol. The van der Waals surface area contributed by atoms with Crippen LogP contribution >= 0.6 is 0 Å². The van der Waals surface area contributed by atoms with Crippen LogP contribution in [0.25, 0.3) is 89.4 Å². The Kier molecular flexibility index (Phi) is 6.35. The van der Waals surface area contributed by atoms with E-state index in [-0.39, 0.29) is 0 Å². The van der Waals surface area contributed by atoms with Gasteiger partial charge in [0, 0.05) is 45.2 Å². The molecule has 0 saturated carbocycles. The van der Waals surface area contributed by atoms with Crippen molar-refractivity contribution in [2.24, 2.45) is 0 Å². The third-order valence-electron chi connectivity index (χ3n) is 8.43. The van der Waals surface area contributed by atoms with Gasteiger partial charge in [-0.2, -0.15) is 0 Å². The van der Waals surface area contributed by atoms with E-state index in [9.17, 15) is 0 Å². The van der Waals surface area contributed by atoms with Gasteiger partial charge in [-0.05, 0) is 40.8 Å². The van der Waals surface area contributed by atoms with Gasteiger partial charge in [-0.25, -0.2) is 15.0 Å². The van der Waals surface area contributed by atoms with Gasteiger partial charge in [0.05, 0.1) is 5.69 Å². The van der Waals surface area contributed by atoms with E-state index in [1.54, 1.807) is 0 Å². The van der Waals surface area contributed by atoms with Crippen LogP contribution in [-0.4, -0.2) is 24.9 Å². The Labute approximate surface area is 270 Å². The van der Waals surface area contributed by atoms with E-state index >= 15 is 0 Å². The zero-order chi connectivity index (χ0) is 31.2. The summed E-state index contributed by atoms with van der Waals surface area (Å²) in [5.74, 6) is 1.88. The first-order chi connectivity index (χ1) is 23.3. The summed E-state index contributed by atoms with van der Waals surface area (Å²) in [6.07, 6.45) is 3.75. The lowest BCUT2D eigenvalue weighted by molar-refractivity contribution is 0.668. The second-order valence-corrected chi connectivity index (χ2v) is 11.3. The van der Waals surface area contributed by atoms with E-state index in [2.05, 4.69) is 47.4 Å². The van der Waals surface area contributed by atoms with Gasteiger partial charge in [-0.15, -0.1) is 0 Å². The SMILES string of the molecule is c1ccc(-c2nc(-c3ccccc3)nc(-c3cccc(-c4cccc5cc(-c6nccc7c6oc6ccccc67)ncc45)c3)n2)cc1. The van der Waals surface area contributed by atoms with E-state index in [1.165, 1.54) is 0 Å². The molecule has 0 spiro atoms. The van der Waals surface area contributed by atoms with Crippen molar-refractivity contribution < 1.29 is 4.42 Å². The Hall–Kier alpha value is -6.53. The van der Waals surface area contributed by atoms with Crippen molar-refractivity contribution in [3.05, 3.63) is 152 Å². The van der Waals surface area contributed by atoms with Gasteiger partial charge in [0.2, 0.25) is 0 Å². The standard InChI is InChI=1S/C41H25N5O/c1-3-11-26(12-4-1)39-44-40(27-13-5-2-6-14-27)46-41(45-39)30-17-9-15-28(23-30)31-19-10-16-29-24-35(43-25-34(29)31)37-38-33(21-22-42-37)32-18-7-8-20-36(32)47-38/h1-25H. The number of hydrogen-bond donors (Lipinski definition) is 0. The number of aromatic nitrogens is 5. The van der Waals surface area contributed by atoms with Crippen LogP contribution in [0.1, 0.15) is 0 Å². The number of furan rings is 1. The van der Waals surface area contributed by atoms with E-state index in [4.69, 9.17) is 24.4 Å². The lowest BCUT2D eigenvalue weighted by atomic mass is 9.97. The first kappa shape index (κ1) is 26.8. The molecule has 0 bridgehead atoms. The minimum atomic E-state index is 0.616.